The van der Waals surface area contributed by atoms with Crippen molar-refractivity contribution in [2.45, 2.75) is 18.8 Å². The molecule has 0 radical (unpaired) electrons. The van der Waals surface area contributed by atoms with Crippen molar-refractivity contribution in [1.82, 2.24) is 5.32 Å². The normalized spacial score (nSPS) is 34.3. The Balaban J connectivity index is 1.76. The summed E-state index contributed by atoms with van der Waals surface area (Å²) in [5.74, 6) is 2.27. The minimum Gasteiger partial charge on any atom is -0.316 e. The molecule has 1 aliphatic heterocycles. The van der Waals surface area contributed by atoms with Crippen molar-refractivity contribution >= 4 is 0 Å². The van der Waals surface area contributed by atoms with E-state index >= 15 is 0 Å². The molecule has 0 bridgehead atoms. The maximum absolute atomic E-state index is 12.8. The molecule has 1 aliphatic carbocycles. The van der Waals surface area contributed by atoms with Crippen LogP contribution in [-0.4, -0.2) is 13.1 Å². The lowest BCUT2D eigenvalue weighted by atomic mass is 9.96. The van der Waals surface area contributed by atoms with E-state index < -0.39 is 0 Å². The van der Waals surface area contributed by atoms with Crippen LogP contribution >= 0.6 is 0 Å². The Kier molecular flexibility index (Phi) is 2.24. The van der Waals surface area contributed by atoms with Gasteiger partial charge in [0, 0.05) is 0 Å². The second kappa shape index (κ2) is 3.60. The molecule has 15 heavy (non-hydrogen) atoms. The largest absolute Gasteiger partial charge is 0.316 e. The molecule has 3 rings (SSSR count). The smallest absolute Gasteiger partial charge is 0.123 e. The molecular formula is C13H16FN. The first-order valence-corrected chi connectivity index (χ1v) is 5.79. The number of rotatable bonds is 1. The van der Waals surface area contributed by atoms with Crippen LogP contribution in [-0.2, 0) is 0 Å². The van der Waals surface area contributed by atoms with Gasteiger partial charge in [-0.25, -0.2) is 4.39 Å². The minimum absolute atomic E-state index is 0.126. The van der Waals surface area contributed by atoms with Crippen LogP contribution in [0.1, 0.15) is 24.3 Å². The maximum Gasteiger partial charge on any atom is 0.123 e. The van der Waals surface area contributed by atoms with E-state index in [-0.39, 0.29) is 5.82 Å². The predicted octanol–water partition coefficient (Wildman–Crippen LogP) is 2.54. The first-order chi connectivity index (χ1) is 7.33. The molecule has 0 spiro atoms. The molecule has 0 aromatic heterocycles. The molecule has 1 aromatic rings. The molecule has 2 atom stereocenters. The van der Waals surface area contributed by atoms with Gasteiger partial charge in [-0.1, -0.05) is 12.1 Å². The van der Waals surface area contributed by atoms with Crippen LogP contribution in [0.4, 0.5) is 4.39 Å². The fourth-order valence-electron chi connectivity index (χ4n) is 3.17. The van der Waals surface area contributed by atoms with E-state index in [4.69, 9.17) is 0 Å². The molecule has 2 fully saturated rings. The van der Waals surface area contributed by atoms with Crippen LogP contribution in [0.15, 0.2) is 24.3 Å². The van der Waals surface area contributed by atoms with Gasteiger partial charge in [-0.05, 0) is 61.4 Å². The minimum atomic E-state index is -0.126. The van der Waals surface area contributed by atoms with Gasteiger partial charge in [-0.15, -0.1) is 0 Å². The molecule has 1 aromatic carbocycles. The number of hydrogen-bond acceptors (Lipinski definition) is 1. The van der Waals surface area contributed by atoms with E-state index in [0.717, 1.165) is 11.8 Å². The molecule has 1 heterocycles. The van der Waals surface area contributed by atoms with Crippen molar-refractivity contribution in [3.8, 4) is 0 Å². The Hall–Kier alpha value is -0.890. The first kappa shape index (κ1) is 9.34. The Labute approximate surface area is 89.7 Å². The summed E-state index contributed by atoms with van der Waals surface area (Å²) < 4.78 is 12.8. The zero-order valence-corrected chi connectivity index (χ0v) is 8.75. The quantitative estimate of drug-likeness (QED) is 0.743. The number of nitrogens with one attached hydrogen (secondary N) is 1. The Morgan fingerprint density at radius 3 is 2.20 bits per heavy atom. The molecular weight excluding hydrogens is 189 g/mol. The van der Waals surface area contributed by atoms with Crippen LogP contribution in [0.3, 0.4) is 0 Å². The molecule has 1 nitrogen and oxygen atoms in total. The van der Waals surface area contributed by atoms with Crippen molar-refractivity contribution in [2.24, 2.45) is 11.8 Å². The summed E-state index contributed by atoms with van der Waals surface area (Å²) in [4.78, 5) is 0. The summed E-state index contributed by atoms with van der Waals surface area (Å²) in [6.45, 7) is 2.37. The van der Waals surface area contributed by atoms with E-state index in [2.05, 4.69) is 5.32 Å². The molecule has 80 valence electrons. The van der Waals surface area contributed by atoms with Gasteiger partial charge in [0.15, 0.2) is 0 Å². The summed E-state index contributed by atoms with van der Waals surface area (Å²) >= 11 is 0. The zero-order valence-electron chi connectivity index (χ0n) is 8.75. The number of fused-ring (bicyclic) bond motifs is 1. The third-order valence-corrected chi connectivity index (χ3v) is 4.00. The van der Waals surface area contributed by atoms with Crippen molar-refractivity contribution in [3.63, 3.8) is 0 Å². The van der Waals surface area contributed by atoms with E-state index in [9.17, 15) is 4.39 Å². The van der Waals surface area contributed by atoms with E-state index in [1.807, 2.05) is 12.1 Å². The molecule has 1 saturated heterocycles. The number of benzene rings is 1. The predicted molar refractivity (Wildman–Crippen MR) is 58.2 cm³/mol. The fraction of sp³-hybridized carbons (Fsp3) is 0.538. The van der Waals surface area contributed by atoms with Gasteiger partial charge in [0.25, 0.3) is 0 Å². The molecule has 0 amide bonds. The highest BCUT2D eigenvalue weighted by atomic mass is 19.1. The fourth-order valence-corrected chi connectivity index (χ4v) is 3.17. The molecule has 2 unspecified atom stereocenters. The number of hydrogen-bond donors (Lipinski definition) is 1. The monoisotopic (exact) mass is 205 g/mol. The summed E-state index contributed by atoms with van der Waals surface area (Å²) in [5, 5.41) is 3.45. The first-order valence-electron chi connectivity index (χ1n) is 5.79. The van der Waals surface area contributed by atoms with Crippen molar-refractivity contribution in [3.05, 3.63) is 35.6 Å². The van der Waals surface area contributed by atoms with Gasteiger partial charge in [-0.3, -0.25) is 0 Å². The molecule has 2 heteroatoms. The van der Waals surface area contributed by atoms with Gasteiger partial charge >= 0.3 is 0 Å². The van der Waals surface area contributed by atoms with Crippen LogP contribution in [0.5, 0.6) is 0 Å². The van der Waals surface area contributed by atoms with Gasteiger partial charge in [0.2, 0.25) is 0 Å². The van der Waals surface area contributed by atoms with Crippen molar-refractivity contribution in [1.29, 1.82) is 0 Å². The van der Waals surface area contributed by atoms with Crippen molar-refractivity contribution in [2.75, 3.05) is 13.1 Å². The molecule has 2 aliphatic rings. The van der Waals surface area contributed by atoms with E-state index in [1.54, 1.807) is 12.1 Å². The zero-order chi connectivity index (χ0) is 10.3. The van der Waals surface area contributed by atoms with E-state index in [0.29, 0.717) is 5.92 Å². The lowest BCUT2D eigenvalue weighted by Crippen LogP contribution is -2.11. The summed E-state index contributed by atoms with van der Waals surface area (Å²) in [5.41, 5.74) is 1.32. The maximum atomic E-state index is 12.8. The second-order valence-corrected chi connectivity index (χ2v) is 4.90. The highest BCUT2D eigenvalue weighted by Crippen LogP contribution is 2.43. The van der Waals surface area contributed by atoms with Gasteiger partial charge in [-0.2, -0.15) is 0 Å². The average Bonchev–Trinajstić information content (AvgIpc) is 2.78. The highest BCUT2D eigenvalue weighted by molar-refractivity contribution is 5.22. The van der Waals surface area contributed by atoms with Crippen LogP contribution < -0.4 is 5.32 Å². The van der Waals surface area contributed by atoms with Gasteiger partial charge < -0.3 is 5.32 Å². The third kappa shape index (κ3) is 1.67. The van der Waals surface area contributed by atoms with Gasteiger partial charge in [0.05, 0.1) is 0 Å². The topological polar surface area (TPSA) is 12.0 Å². The van der Waals surface area contributed by atoms with Crippen molar-refractivity contribution < 1.29 is 4.39 Å². The SMILES string of the molecule is Fc1ccc(C2CC3CNCC3C2)cc1. The van der Waals surface area contributed by atoms with Crippen LogP contribution in [0.2, 0.25) is 0 Å². The van der Waals surface area contributed by atoms with Crippen LogP contribution in [0.25, 0.3) is 0 Å². The third-order valence-electron chi connectivity index (χ3n) is 4.00. The Bertz CT molecular complexity index is 334. The molecule has 1 saturated carbocycles. The highest BCUT2D eigenvalue weighted by Gasteiger charge is 2.37. The summed E-state index contributed by atoms with van der Waals surface area (Å²) in [6.07, 6.45) is 2.56. The Morgan fingerprint density at radius 1 is 1.00 bits per heavy atom. The second-order valence-electron chi connectivity index (χ2n) is 4.90. The lowest BCUT2D eigenvalue weighted by molar-refractivity contribution is 0.494. The number of halogens is 1. The standard InChI is InChI=1S/C13H16FN/c14-13-3-1-9(2-4-13)10-5-11-7-15-8-12(11)6-10/h1-4,10-12,15H,5-8H2. The summed E-state index contributed by atoms with van der Waals surface area (Å²) in [6, 6.07) is 7.08. The lowest BCUT2D eigenvalue weighted by Gasteiger charge is -2.11. The average molecular weight is 205 g/mol. The van der Waals surface area contributed by atoms with E-state index in [1.165, 1.54) is 31.5 Å². The van der Waals surface area contributed by atoms with Crippen LogP contribution in [0, 0.1) is 17.7 Å². The van der Waals surface area contributed by atoms with Gasteiger partial charge in [0.1, 0.15) is 5.82 Å². The Morgan fingerprint density at radius 2 is 1.60 bits per heavy atom. The molecule has 1 N–H and O–H groups in total. The summed E-state index contributed by atoms with van der Waals surface area (Å²) in [7, 11) is 0.